The molecule has 2 aromatic carbocycles. The van der Waals surface area contributed by atoms with Crippen molar-refractivity contribution in [2.45, 2.75) is 46.1 Å². The molecule has 3 nitrogen and oxygen atoms in total. The molecule has 3 rings (SSSR count). The molecule has 0 amide bonds. The molecule has 1 atom stereocenters. The molecule has 0 aliphatic rings. The van der Waals surface area contributed by atoms with Gasteiger partial charge >= 0.3 is 0 Å². The lowest BCUT2D eigenvalue weighted by Crippen LogP contribution is -2.39. The maximum Gasteiger partial charge on any atom is 0.247 e. The first-order valence-corrected chi connectivity index (χ1v) is 9.78. The number of hydrogen-bond donors (Lipinski definition) is 0. The van der Waals surface area contributed by atoms with Crippen molar-refractivity contribution in [2.75, 3.05) is 0 Å². The maximum atomic E-state index is 5.84. The monoisotopic (exact) mass is 395 g/mol. The minimum Gasteiger partial charge on any atom is -0.413 e. The largest absolute Gasteiger partial charge is 0.413 e. The maximum absolute atomic E-state index is 5.84. The van der Waals surface area contributed by atoms with Crippen LogP contribution in [0.1, 0.15) is 46.1 Å². The molecule has 1 unspecified atom stereocenters. The Morgan fingerprint density at radius 1 is 0.889 bits per heavy atom. The van der Waals surface area contributed by atoms with Gasteiger partial charge in [0, 0.05) is 11.5 Å². The molecule has 0 bridgehead atoms. The predicted molar refractivity (Wildman–Crippen MR) is 113 cm³/mol. The highest BCUT2D eigenvalue weighted by atomic mass is 35.5. The number of halogens is 1. The smallest absolute Gasteiger partial charge is 0.247 e. The topological polar surface area (TPSA) is 35.0 Å². The number of rotatable bonds is 4. The second kappa shape index (κ2) is 7.34. The van der Waals surface area contributed by atoms with Crippen molar-refractivity contribution in [3.05, 3.63) is 59.2 Å². The number of fused-ring (bicyclic) bond motifs is 1. The Kier molecular flexibility index (Phi) is 5.44. The highest BCUT2D eigenvalue weighted by Crippen LogP contribution is 2.45. The molecular weight excluding hydrogens is 372 g/mol. The molecule has 0 N–H and O–H groups in total. The van der Waals surface area contributed by atoms with E-state index in [1.807, 2.05) is 6.07 Å². The van der Waals surface area contributed by atoms with Crippen molar-refractivity contribution in [1.29, 1.82) is 0 Å². The van der Waals surface area contributed by atoms with E-state index in [2.05, 4.69) is 91.7 Å². The Bertz CT molecular complexity index is 949. The fraction of sp³-hybridized carbons (Fsp3) is 0.364. The molecule has 139 valence electrons. The first-order chi connectivity index (χ1) is 12.6. The van der Waals surface area contributed by atoms with Crippen LogP contribution in [0.4, 0.5) is 0 Å². The molecule has 0 fully saturated rings. The average molecular weight is 396 g/mol. The molecule has 0 aliphatic heterocycles. The lowest BCUT2D eigenvalue weighted by atomic mass is 9.68. The van der Waals surface area contributed by atoms with Crippen LogP contribution in [0.25, 0.3) is 22.0 Å². The normalized spacial score (nSPS) is 13.7. The quantitative estimate of drug-likeness (QED) is 0.511. The van der Waals surface area contributed by atoms with E-state index < -0.39 is 0 Å². The van der Waals surface area contributed by atoms with Crippen LogP contribution in [-0.4, -0.2) is 26.3 Å². The summed E-state index contributed by atoms with van der Waals surface area (Å²) in [6.07, 6.45) is 0. The summed E-state index contributed by atoms with van der Waals surface area (Å²) in [5.41, 5.74) is 2.80. The minimum atomic E-state index is -0.346. The minimum absolute atomic E-state index is 0.0443. The van der Waals surface area contributed by atoms with Crippen molar-refractivity contribution in [1.82, 2.24) is 10.2 Å². The summed E-state index contributed by atoms with van der Waals surface area (Å²) < 4.78 is 5.66. The molecule has 0 spiro atoms. The number of aromatic nitrogens is 2. The fourth-order valence-electron chi connectivity index (χ4n) is 4.08. The van der Waals surface area contributed by atoms with Gasteiger partial charge in [0.15, 0.2) is 5.15 Å². The van der Waals surface area contributed by atoms with E-state index >= 15 is 0 Å². The lowest BCUT2D eigenvalue weighted by molar-refractivity contribution is 0.0405. The van der Waals surface area contributed by atoms with Crippen LogP contribution in [0.3, 0.4) is 0 Å². The van der Waals surface area contributed by atoms with Gasteiger partial charge in [-0.1, -0.05) is 62.7 Å². The zero-order valence-corrected chi connectivity index (χ0v) is 18.1. The molecule has 27 heavy (non-hydrogen) atoms. The number of benzene rings is 2. The van der Waals surface area contributed by atoms with E-state index in [0.717, 1.165) is 16.6 Å². The van der Waals surface area contributed by atoms with E-state index in [9.17, 15) is 0 Å². The molecule has 0 saturated heterocycles. The molecular formula is C22H24ClN2OSi. The highest BCUT2D eigenvalue weighted by molar-refractivity contribution is 6.29. The van der Waals surface area contributed by atoms with Gasteiger partial charge < -0.3 is 4.43 Å². The molecule has 1 aromatic heterocycles. The molecule has 1 heterocycles. The van der Waals surface area contributed by atoms with E-state index in [4.69, 9.17) is 16.0 Å². The van der Waals surface area contributed by atoms with Crippen molar-refractivity contribution in [3.8, 4) is 11.3 Å². The SMILES string of the molecule is CC(C)(C)C(c1ccc2cc(-c3ccc(Cl)nn3)ccc2c1)C(C)(C)O[Si]. The summed E-state index contributed by atoms with van der Waals surface area (Å²) in [4.78, 5) is 0. The third kappa shape index (κ3) is 4.23. The van der Waals surface area contributed by atoms with Gasteiger partial charge in [0.05, 0.1) is 11.3 Å². The van der Waals surface area contributed by atoms with Gasteiger partial charge in [0.2, 0.25) is 10.5 Å². The van der Waals surface area contributed by atoms with Gasteiger partial charge in [-0.2, -0.15) is 0 Å². The van der Waals surface area contributed by atoms with Gasteiger partial charge in [-0.25, -0.2) is 0 Å². The van der Waals surface area contributed by atoms with Crippen LogP contribution in [0.2, 0.25) is 5.15 Å². The van der Waals surface area contributed by atoms with Gasteiger partial charge in [0.1, 0.15) is 0 Å². The molecule has 5 heteroatoms. The third-order valence-electron chi connectivity index (χ3n) is 4.95. The van der Waals surface area contributed by atoms with E-state index in [1.165, 1.54) is 10.9 Å². The van der Waals surface area contributed by atoms with Crippen molar-refractivity contribution >= 4 is 32.9 Å². The Morgan fingerprint density at radius 2 is 1.56 bits per heavy atom. The van der Waals surface area contributed by atoms with E-state index in [-0.39, 0.29) is 16.9 Å². The third-order valence-corrected chi connectivity index (χ3v) is 5.68. The summed E-state index contributed by atoms with van der Waals surface area (Å²) >= 11 is 5.84. The van der Waals surface area contributed by atoms with E-state index in [0.29, 0.717) is 5.15 Å². The standard InChI is InChI=1S/C22H24ClN2OSi/c1-21(2,3)20(22(4,5)26-27)17-9-7-14-12-16(8-6-15(14)13-17)18-10-11-19(23)25-24-18/h6-13,20H,1-5H3. The zero-order valence-electron chi connectivity index (χ0n) is 16.4. The molecule has 0 saturated carbocycles. The van der Waals surface area contributed by atoms with Crippen LogP contribution >= 0.6 is 11.6 Å². The second-order valence-corrected chi connectivity index (χ2v) is 9.16. The van der Waals surface area contributed by atoms with E-state index in [1.54, 1.807) is 6.07 Å². The average Bonchev–Trinajstić information content (AvgIpc) is 2.60. The Labute approximate surface area is 169 Å². The van der Waals surface area contributed by atoms with Crippen molar-refractivity contribution in [2.24, 2.45) is 5.41 Å². The first-order valence-electron chi connectivity index (χ1n) is 9.00. The number of nitrogens with zero attached hydrogens (tertiary/aromatic N) is 2. The second-order valence-electron chi connectivity index (χ2n) is 8.57. The van der Waals surface area contributed by atoms with Crippen molar-refractivity contribution < 1.29 is 4.43 Å². The fourth-order valence-corrected chi connectivity index (χ4v) is 4.29. The molecule has 0 aliphatic carbocycles. The van der Waals surface area contributed by atoms with Crippen LogP contribution < -0.4 is 0 Å². The number of hydrogen-bond acceptors (Lipinski definition) is 3. The highest BCUT2D eigenvalue weighted by Gasteiger charge is 2.39. The molecule has 3 radical (unpaired) electrons. The summed E-state index contributed by atoms with van der Waals surface area (Å²) in [7, 11) is 3.28. The van der Waals surface area contributed by atoms with Crippen molar-refractivity contribution in [3.63, 3.8) is 0 Å². The lowest BCUT2D eigenvalue weighted by Gasteiger charge is -2.42. The van der Waals surface area contributed by atoms with Gasteiger partial charge in [0.25, 0.3) is 0 Å². The van der Waals surface area contributed by atoms with Gasteiger partial charge in [-0.15, -0.1) is 10.2 Å². The zero-order chi connectivity index (χ0) is 19.8. The van der Waals surface area contributed by atoms with Crippen LogP contribution in [0.15, 0.2) is 48.5 Å². The summed E-state index contributed by atoms with van der Waals surface area (Å²) in [5.74, 6) is 0.216. The molecule has 3 aromatic rings. The summed E-state index contributed by atoms with van der Waals surface area (Å²) in [6, 6.07) is 16.6. The van der Waals surface area contributed by atoms with Gasteiger partial charge in [-0.05, 0) is 53.8 Å². The van der Waals surface area contributed by atoms with Crippen LogP contribution in [0.5, 0.6) is 0 Å². The first kappa shape index (κ1) is 20.0. The summed E-state index contributed by atoms with van der Waals surface area (Å²) in [5, 5.41) is 10.9. The Balaban J connectivity index is 2.05. The summed E-state index contributed by atoms with van der Waals surface area (Å²) in [6.45, 7) is 11.0. The Morgan fingerprint density at radius 3 is 2.15 bits per heavy atom. The Hall–Kier alpha value is -1.75. The van der Waals surface area contributed by atoms with Crippen LogP contribution in [0, 0.1) is 5.41 Å². The van der Waals surface area contributed by atoms with Gasteiger partial charge in [-0.3, -0.25) is 0 Å². The van der Waals surface area contributed by atoms with Crippen LogP contribution in [-0.2, 0) is 4.43 Å². The predicted octanol–water partition coefficient (Wildman–Crippen LogP) is 5.96.